The summed E-state index contributed by atoms with van der Waals surface area (Å²) in [5.41, 5.74) is 0. The van der Waals surface area contributed by atoms with Crippen molar-refractivity contribution >= 4 is 11.9 Å². The molecule has 1 unspecified atom stereocenters. The third-order valence-electron chi connectivity index (χ3n) is 13.8. The van der Waals surface area contributed by atoms with Crippen LogP contribution in [0.3, 0.4) is 0 Å². The van der Waals surface area contributed by atoms with Crippen LogP contribution in [0.15, 0.2) is 12.2 Å². The molecule has 0 aromatic heterocycles. The molecule has 0 aromatic rings. The summed E-state index contributed by atoms with van der Waals surface area (Å²) in [6.07, 6.45) is 68.1. The SMILES string of the molecule is CCCCCC/C=C\CCCCCCCC(=O)OC(COCCCCCCCCCCCCCCCCCCCC)COC(=O)CCCCCCCCCCCCCCCCCCCCC. The minimum Gasteiger partial charge on any atom is -0.462 e. The van der Waals surface area contributed by atoms with Crippen molar-refractivity contribution in [2.24, 2.45) is 0 Å². The highest BCUT2D eigenvalue weighted by atomic mass is 16.6. The quantitative estimate of drug-likeness (QED) is 0.0345. The molecule has 66 heavy (non-hydrogen) atoms. The van der Waals surface area contributed by atoms with Gasteiger partial charge in [-0.1, -0.05) is 296 Å². The average molecular weight is 932 g/mol. The van der Waals surface area contributed by atoms with E-state index in [1.54, 1.807) is 0 Å². The van der Waals surface area contributed by atoms with Crippen LogP contribution in [0.1, 0.15) is 342 Å². The average Bonchev–Trinajstić information content (AvgIpc) is 3.32. The molecule has 0 bridgehead atoms. The van der Waals surface area contributed by atoms with Gasteiger partial charge >= 0.3 is 11.9 Å². The lowest BCUT2D eigenvalue weighted by atomic mass is 10.0. The predicted molar refractivity (Wildman–Crippen MR) is 289 cm³/mol. The largest absolute Gasteiger partial charge is 0.462 e. The third-order valence-corrected chi connectivity index (χ3v) is 13.8. The molecule has 0 N–H and O–H groups in total. The standard InChI is InChI=1S/C61H118O5/c1-4-7-10-13-16-19-22-25-27-29-31-32-34-37-39-42-45-48-51-54-60(62)65-58-59(66-61(63)55-52-49-46-43-40-36-24-21-18-15-12-9-6-3)57-64-56-53-50-47-44-41-38-35-33-30-28-26-23-20-17-14-11-8-5-2/h21,24,59H,4-20,22-23,25-58H2,1-3H3/b24-21-. The normalized spacial score (nSPS) is 12.1. The summed E-state index contributed by atoms with van der Waals surface area (Å²) in [5.74, 6) is -0.379. The van der Waals surface area contributed by atoms with Gasteiger partial charge in [-0.15, -0.1) is 0 Å². The Balaban J connectivity index is 4.16. The Bertz CT molecular complexity index is 963. The second-order valence-corrected chi connectivity index (χ2v) is 20.6. The second kappa shape index (κ2) is 58.0. The van der Waals surface area contributed by atoms with Crippen LogP contribution >= 0.6 is 0 Å². The molecular weight excluding hydrogens is 813 g/mol. The van der Waals surface area contributed by atoms with E-state index in [2.05, 4.69) is 32.9 Å². The highest BCUT2D eigenvalue weighted by Gasteiger charge is 2.17. The van der Waals surface area contributed by atoms with Gasteiger partial charge < -0.3 is 14.2 Å². The zero-order chi connectivity index (χ0) is 47.7. The van der Waals surface area contributed by atoms with E-state index in [4.69, 9.17) is 14.2 Å². The number of esters is 2. The number of rotatable bonds is 57. The molecule has 0 heterocycles. The summed E-state index contributed by atoms with van der Waals surface area (Å²) >= 11 is 0. The maximum Gasteiger partial charge on any atom is 0.306 e. The van der Waals surface area contributed by atoms with Gasteiger partial charge in [0.05, 0.1) is 6.61 Å². The van der Waals surface area contributed by atoms with Gasteiger partial charge in [-0.2, -0.15) is 0 Å². The van der Waals surface area contributed by atoms with Crippen molar-refractivity contribution in [3.63, 3.8) is 0 Å². The number of ether oxygens (including phenoxy) is 3. The lowest BCUT2D eigenvalue weighted by Crippen LogP contribution is -2.30. The van der Waals surface area contributed by atoms with Crippen LogP contribution in [0, 0.1) is 0 Å². The van der Waals surface area contributed by atoms with Gasteiger partial charge in [0, 0.05) is 19.4 Å². The van der Waals surface area contributed by atoms with E-state index in [0.29, 0.717) is 26.1 Å². The molecule has 392 valence electrons. The minimum atomic E-state index is -0.532. The van der Waals surface area contributed by atoms with Crippen LogP contribution in [0.2, 0.25) is 0 Å². The summed E-state index contributed by atoms with van der Waals surface area (Å²) in [7, 11) is 0. The van der Waals surface area contributed by atoms with E-state index in [1.165, 1.54) is 263 Å². The first kappa shape index (κ1) is 64.6. The van der Waals surface area contributed by atoms with E-state index in [1.807, 2.05) is 0 Å². The van der Waals surface area contributed by atoms with Gasteiger partial charge in [0.1, 0.15) is 6.61 Å². The zero-order valence-electron chi connectivity index (χ0n) is 45.2. The van der Waals surface area contributed by atoms with Crippen molar-refractivity contribution in [1.29, 1.82) is 0 Å². The van der Waals surface area contributed by atoms with Crippen molar-refractivity contribution < 1.29 is 23.8 Å². The molecule has 0 rings (SSSR count). The molecule has 0 aliphatic heterocycles. The zero-order valence-corrected chi connectivity index (χ0v) is 45.2. The van der Waals surface area contributed by atoms with Crippen molar-refractivity contribution in [1.82, 2.24) is 0 Å². The van der Waals surface area contributed by atoms with Crippen LogP contribution in [0.4, 0.5) is 0 Å². The van der Waals surface area contributed by atoms with Crippen molar-refractivity contribution in [2.45, 2.75) is 348 Å². The van der Waals surface area contributed by atoms with Crippen molar-refractivity contribution in [2.75, 3.05) is 19.8 Å². The molecule has 0 aliphatic rings. The van der Waals surface area contributed by atoms with Gasteiger partial charge in [0.2, 0.25) is 0 Å². The van der Waals surface area contributed by atoms with Gasteiger partial charge in [-0.05, 0) is 44.9 Å². The maximum absolute atomic E-state index is 12.8. The molecule has 0 radical (unpaired) electrons. The fourth-order valence-electron chi connectivity index (χ4n) is 9.27. The topological polar surface area (TPSA) is 61.8 Å². The van der Waals surface area contributed by atoms with Gasteiger partial charge in [-0.3, -0.25) is 9.59 Å². The summed E-state index contributed by atoms with van der Waals surface area (Å²) in [5, 5.41) is 0. The first-order valence-electron chi connectivity index (χ1n) is 30.2. The maximum atomic E-state index is 12.8. The smallest absolute Gasteiger partial charge is 0.306 e. The van der Waals surface area contributed by atoms with Gasteiger partial charge in [-0.25, -0.2) is 0 Å². The van der Waals surface area contributed by atoms with Crippen LogP contribution in [-0.2, 0) is 23.8 Å². The lowest BCUT2D eigenvalue weighted by molar-refractivity contribution is -0.163. The van der Waals surface area contributed by atoms with E-state index in [-0.39, 0.29) is 18.5 Å². The van der Waals surface area contributed by atoms with E-state index >= 15 is 0 Å². The number of carbonyl (C=O) groups excluding carboxylic acids is 2. The molecule has 0 saturated carbocycles. The first-order chi connectivity index (χ1) is 32.6. The molecule has 0 aromatic carbocycles. The predicted octanol–water partition coefficient (Wildman–Crippen LogP) is 20.6. The third kappa shape index (κ3) is 55.2. The molecule has 0 fully saturated rings. The molecule has 0 amide bonds. The lowest BCUT2D eigenvalue weighted by Gasteiger charge is -2.18. The Morgan fingerprint density at radius 2 is 0.591 bits per heavy atom. The number of unbranched alkanes of at least 4 members (excludes halogenated alkanes) is 44. The number of hydrogen-bond acceptors (Lipinski definition) is 5. The number of hydrogen-bond donors (Lipinski definition) is 0. The molecule has 0 aliphatic carbocycles. The second-order valence-electron chi connectivity index (χ2n) is 20.6. The highest BCUT2D eigenvalue weighted by molar-refractivity contribution is 5.70. The molecule has 1 atom stereocenters. The monoisotopic (exact) mass is 931 g/mol. The van der Waals surface area contributed by atoms with Crippen molar-refractivity contribution in [3.8, 4) is 0 Å². The Kier molecular flexibility index (Phi) is 56.8. The Hall–Kier alpha value is -1.36. The molecule has 0 saturated heterocycles. The summed E-state index contributed by atoms with van der Waals surface area (Å²) in [6, 6.07) is 0. The van der Waals surface area contributed by atoms with Crippen molar-refractivity contribution in [3.05, 3.63) is 12.2 Å². The number of carbonyl (C=O) groups is 2. The summed E-state index contributed by atoms with van der Waals surface area (Å²) in [4.78, 5) is 25.5. The molecular formula is C61H118O5. The van der Waals surface area contributed by atoms with E-state index < -0.39 is 6.10 Å². The molecule has 0 spiro atoms. The van der Waals surface area contributed by atoms with Crippen LogP contribution < -0.4 is 0 Å². The fraction of sp³-hybridized carbons (Fsp3) is 0.934. The molecule has 5 nitrogen and oxygen atoms in total. The molecule has 5 heteroatoms. The summed E-state index contributed by atoms with van der Waals surface area (Å²) < 4.78 is 17.5. The fourth-order valence-corrected chi connectivity index (χ4v) is 9.27. The Labute approximate surface area is 414 Å². The minimum absolute atomic E-state index is 0.0922. The van der Waals surface area contributed by atoms with Crippen LogP contribution in [0.25, 0.3) is 0 Å². The van der Waals surface area contributed by atoms with E-state index in [0.717, 1.165) is 44.9 Å². The van der Waals surface area contributed by atoms with Gasteiger partial charge in [0.25, 0.3) is 0 Å². The first-order valence-corrected chi connectivity index (χ1v) is 30.2. The Morgan fingerprint density at radius 3 is 0.939 bits per heavy atom. The number of allylic oxidation sites excluding steroid dienone is 2. The van der Waals surface area contributed by atoms with Crippen LogP contribution in [-0.4, -0.2) is 37.9 Å². The van der Waals surface area contributed by atoms with E-state index in [9.17, 15) is 9.59 Å². The van der Waals surface area contributed by atoms with Gasteiger partial charge in [0.15, 0.2) is 6.10 Å². The van der Waals surface area contributed by atoms with Crippen LogP contribution in [0.5, 0.6) is 0 Å². The highest BCUT2D eigenvalue weighted by Crippen LogP contribution is 2.17. The Morgan fingerprint density at radius 1 is 0.318 bits per heavy atom. The summed E-state index contributed by atoms with van der Waals surface area (Å²) in [6.45, 7) is 7.90.